The molecule has 0 spiro atoms. The Labute approximate surface area is 111 Å². The summed E-state index contributed by atoms with van der Waals surface area (Å²) in [6.45, 7) is 0.157. The summed E-state index contributed by atoms with van der Waals surface area (Å²) < 4.78 is 10.2. The second-order valence-corrected chi connectivity index (χ2v) is 3.99. The predicted molar refractivity (Wildman–Crippen MR) is 72.9 cm³/mol. The van der Waals surface area contributed by atoms with E-state index in [4.69, 9.17) is 15.2 Å². The molecule has 98 valence electrons. The Morgan fingerprint density at radius 1 is 1.16 bits per heavy atom. The van der Waals surface area contributed by atoms with Gasteiger partial charge < -0.3 is 15.2 Å². The van der Waals surface area contributed by atoms with Crippen LogP contribution in [0.4, 0.5) is 0 Å². The number of methoxy groups -OCH3 is 1. The molecule has 0 unspecified atom stereocenters. The minimum Gasteiger partial charge on any atom is -0.468 e. The molecule has 2 rings (SSSR count). The fourth-order valence-corrected chi connectivity index (χ4v) is 1.81. The summed E-state index contributed by atoms with van der Waals surface area (Å²) in [5.74, 6) is 0.169. The van der Waals surface area contributed by atoms with Gasteiger partial charge >= 0.3 is 0 Å². The molecule has 0 saturated carbocycles. The van der Waals surface area contributed by atoms with Crippen LogP contribution in [-0.4, -0.2) is 19.8 Å². The van der Waals surface area contributed by atoms with E-state index in [0.717, 1.165) is 11.1 Å². The summed E-state index contributed by atoms with van der Waals surface area (Å²) in [5.41, 5.74) is 7.53. The molecule has 0 saturated heterocycles. The Morgan fingerprint density at radius 3 is 2.53 bits per heavy atom. The fraction of sp³-hybridized carbons (Fsp3) is 0.133. The van der Waals surface area contributed by atoms with Crippen LogP contribution in [0.1, 0.15) is 10.4 Å². The Hall–Kier alpha value is -2.33. The normalized spacial score (nSPS) is 10.2. The first-order valence-corrected chi connectivity index (χ1v) is 5.83. The molecule has 4 heteroatoms. The third-order valence-corrected chi connectivity index (χ3v) is 2.68. The molecule has 0 fully saturated rings. The van der Waals surface area contributed by atoms with Gasteiger partial charge in [-0.1, -0.05) is 30.3 Å². The number of hydrogen-bond donors (Lipinski definition) is 1. The van der Waals surface area contributed by atoms with Crippen LogP contribution >= 0.6 is 0 Å². The summed E-state index contributed by atoms with van der Waals surface area (Å²) in [6, 6.07) is 14.7. The first-order valence-electron chi connectivity index (χ1n) is 5.83. The van der Waals surface area contributed by atoms with E-state index in [1.165, 1.54) is 0 Å². The molecule has 0 aromatic heterocycles. The maximum Gasteiger partial charge on any atom is 0.249 e. The van der Waals surface area contributed by atoms with E-state index in [1.54, 1.807) is 25.3 Å². The highest BCUT2D eigenvalue weighted by molar-refractivity contribution is 6.00. The van der Waals surface area contributed by atoms with Gasteiger partial charge in [-0.3, -0.25) is 4.79 Å². The Bertz CT molecular complexity index is 567. The van der Waals surface area contributed by atoms with Gasteiger partial charge in [-0.15, -0.1) is 0 Å². The number of amides is 1. The van der Waals surface area contributed by atoms with Crippen molar-refractivity contribution in [2.75, 3.05) is 13.9 Å². The SMILES string of the molecule is COCOc1ccc(C(N)=O)c(-c2ccccc2)c1. The van der Waals surface area contributed by atoms with Gasteiger partial charge in [-0.25, -0.2) is 0 Å². The number of ether oxygens (including phenoxy) is 2. The number of rotatable bonds is 5. The van der Waals surface area contributed by atoms with Gasteiger partial charge in [0.15, 0.2) is 6.79 Å². The van der Waals surface area contributed by atoms with Crippen LogP contribution in [-0.2, 0) is 4.74 Å². The number of carbonyl (C=O) groups excluding carboxylic acids is 1. The zero-order valence-electron chi connectivity index (χ0n) is 10.6. The minimum atomic E-state index is -0.461. The molecule has 0 aliphatic rings. The zero-order valence-corrected chi connectivity index (χ0v) is 10.6. The van der Waals surface area contributed by atoms with Crippen molar-refractivity contribution in [2.24, 2.45) is 5.73 Å². The van der Waals surface area contributed by atoms with Crippen molar-refractivity contribution in [1.82, 2.24) is 0 Å². The molecule has 2 aromatic carbocycles. The Morgan fingerprint density at radius 2 is 1.89 bits per heavy atom. The predicted octanol–water partition coefficient (Wildman–Crippen LogP) is 2.44. The van der Waals surface area contributed by atoms with Crippen molar-refractivity contribution in [3.8, 4) is 16.9 Å². The van der Waals surface area contributed by atoms with Crippen molar-refractivity contribution in [2.45, 2.75) is 0 Å². The maximum absolute atomic E-state index is 11.5. The van der Waals surface area contributed by atoms with Gasteiger partial charge in [0.05, 0.1) is 0 Å². The largest absolute Gasteiger partial charge is 0.468 e. The first-order chi connectivity index (χ1) is 9.22. The highest BCUT2D eigenvalue weighted by atomic mass is 16.7. The molecule has 0 bridgehead atoms. The van der Waals surface area contributed by atoms with Gasteiger partial charge in [-0.2, -0.15) is 0 Å². The summed E-state index contributed by atoms with van der Waals surface area (Å²) in [7, 11) is 1.55. The average molecular weight is 257 g/mol. The van der Waals surface area contributed by atoms with E-state index in [0.29, 0.717) is 11.3 Å². The minimum absolute atomic E-state index is 0.157. The summed E-state index contributed by atoms with van der Waals surface area (Å²) in [6.07, 6.45) is 0. The topological polar surface area (TPSA) is 61.6 Å². The highest BCUT2D eigenvalue weighted by Crippen LogP contribution is 2.27. The quantitative estimate of drug-likeness (QED) is 0.837. The first kappa shape index (κ1) is 13.1. The molecule has 0 radical (unpaired) electrons. The summed E-state index contributed by atoms with van der Waals surface area (Å²) in [5, 5.41) is 0. The molecule has 19 heavy (non-hydrogen) atoms. The van der Waals surface area contributed by atoms with Crippen molar-refractivity contribution >= 4 is 5.91 Å². The second kappa shape index (κ2) is 6.02. The van der Waals surface area contributed by atoms with Crippen LogP contribution in [0.25, 0.3) is 11.1 Å². The smallest absolute Gasteiger partial charge is 0.249 e. The molecule has 0 heterocycles. The number of nitrogens with two attached hydrogens (primary N) is 1. The van der Waals surface area contributed by atoms with Gasteiger partial charge in [0.1, 0.15) is 5.75 Å². The molecule has 2 aromatic rings. The monoisotopic (exact) mass is 257 g/mol. The lowest BCUT2D eigenvalue weighted by atomic mass is 9.99. The van der Waals surface area contributed by atoms with Gasteiger partial charge in [0.25, 0.3) is 0 Å². The summed E-state index contributed by atoms with van der Waals surface area (Å²) >= 11 is 0. The van der Waals surface area contributed by atoms with Gasteiger partial charge in [0.2, 0.25) is 5.91 Å². The molecule has 0 aliphatic carbocycles. The zero-order chi connectivity index (χ0) is 13.7. The lowest BCUT2D eigenvalue weighted by molar-refractivity contribution is 0.0511. The number of hydrogen-bond acceptors (Lipinski definition) is 3. The Kier molecular flexibility index (Phi) is 4.15. The van der Waals surface area contributed by atoms with Crippen LogP contribution < -0.4 is 10.5 Å². The lowest BCUT2D eigenvalue weighted by Gasteiger charge is -2.10. The van der Waals surface area contributed by atoms with E-state index in [-0.39, 0.29) is 6.79 Å². The number of benzene rings is 2. The second-order valence-electron chi connectivity index (χ2n) is 3.99. The molecule has 1 amide bonds. The van der Waals surface area contributed by atoms with Crippen molar-refractivity contribution in [3.63, 3.8) is 0 Å². The lowest BCUT2D eigenvalue weighted by Crippen LogP contribution is -2.12. The Balaban J connectivity index is 2.45. The van der Waals surface area contributed by atoms with Crippen molar-refractivity contribution in [3.05, 3.63) is 54.1 Å². The van der Waals surface area contributed by atoms with Crippen LogP contribution in [0.2, 0.25) is 0 Å². The molecule has 0 aliphatic heterocycles. The van der Waals surface area contributed by atoms with E-state index in [9.17, 15) is 4.79 Å². The van der Waals surface area contributed by atoms with Crippen molar-refractivity contribution in [1.29, 1.82) is 0 Å². The number of carbonyl (C=O) groups is 1. The van der Waals surface area contributed by atoms with E-state index >= 15 is 0 Å². The third-order valence-electron chi connectivity index (χ3n) is 2.68. The molecule has 2 N–H and O–H groups in total. The van der Waals surface area contributed by atoms with E-state index in [2.05, 4.69) is 0 Å². The van der Waals surface area contributed by atoms with Crippen LogP contribution in [0.3, 0.4) is 0 Å². The van der Waals surface area contributed by atoms with Crippen LogP contribution in [0.15, 0.2) is 48.5 Å². The average Bonchev–Trinajstić information content (AvgIpc) is 2.45. The fourth-order valence-electron chi connectivity index (χ4n) is 1.81. The number of primary amides is 1. The third kappa shape index (κ3) is 3.11. The van der Waals surface area contributed by atoms with Crippen molar-refractivity contribution < 1.29 is 14.3 Å². The maximum atomic E-state index is 11.5. The molecular weight excluding hydrogens is 242 g/mol. The molecule has 0 atom stereocenters. The summed E-state index contributed by atoms with van der Waals surface area (Å²) in [4.78, 5) is 11.5. The van der Waals surface area contributed by atoms with Gasteiger partial charge in [-0.05, 0) is 29.3 Å². The van der Waals surface area contributed by atoms with Crippen LogP contribution in [0.5, 0.6) is 5.75 Å². The highest BCUT2D eigenvalue weighted by Gasteiger charge is 2.11. The van der Waals surface area contributed by atoms with Crippen LogP contribution in [0, 0.1) is 0 Å². The standard InChI is InChI=1S/C15H15NO3/c1-18-10-19-12-7-8-13(15(16)17)14(9-12)11-5-3-2-4-6-11/h2-9H,10H2,1H3,(H2,16,17). The molecular formula is C15H15NO3. The van der Waals surface area contributed by atoms with E-state index in [1.807, 2.05) is 30.3 Å². The van der Waals surface area contributed by atoms with Gasteiger partial charge in [0, 0.05) is 12.7 Å². The van der Waals surface area contributed by atoms with E-state index < -0.39 is 5.91 Å². The molecule has 4 nitrogen and oxygen atoms in total.